The summed E-state index contributed by atoms with van der Waals surface area (Å²) in [7, 11) is 0. The van der Waals surface area contributed by atoms with Crippen molar-refractivity contribution >= 4 is 6.21 Å². The molecule has 1 heterocycles. The molecule has 2 aromatic carbocycles. The van der Waals surface area contributed by atoms with Crippen molar-refractivity contribution < 1.29 is 13.8 Å². The van der Waals surface area contributed by atoms with Gasteiger partial charge in [0.15, 0.2) is 6.61 Å². The summed E-state index contributed by atoms with van der Waals surface area (Å²) in [6.07, 6.45) is 1.63. The molecule has 0 spiro atoms. The van der Waals surface area contributed by atoms with Gasteiger partial charge in [-0.15, -0.1) is 0 Å². The third kappa shape index (κ3) is 3.79. The van der Waals surface area contributed by atoms with Crippen molar-refractivity contribution in [3.8, 4) is 11.4 Å². The molecular formula is C17H14FN3O2. The summed E-state index contributed by atoms with van der Waals surface area (Å²) in [6, 6.07) is 13.7. The molecule has 0 fully saturated rings. The van der Waals surface area contributed by atoms with Crippen LogP contribution in [0.3, 0.4) is 0 Å². The average molecular weight is 311 g/mol. The SMILES string of the molecule is Cc1ccccc1/C=N\OCc1nc(-c2ccc(F)cc2)no1. The summed E-state index contributed by atoms with van der Waals surface area (Å²) in [5.41, 5.74) is 2.76. The second-order valence-corrected chi connectivity index (χ2v) is 4.88. The Kier molecular flexibility index (Phi) is 4.42. The number of oxime groups is 1. The van der Waals surface area contributed by atoms with Crippen LogP contribution in [0.4, 0.5) is 4.39 Å². The Morgan fingerprint density at radius 2 is 1.96 bits per heavy atom. The zero-order chi connectivity index (χ0) is 16.1. The first-order chi connectivity index (χ1) is 11.2. The van der Waals surface area contributed by atoms with Crippen molar-refractivity contribution in [3.63, 3.8) is 0 Å². The molecule has 0 radical (unpaired) electrons. The van der Waals surface area contributed by atoms with E-state index in [1.54, 1.807) is 18.3 Å². The molecule has 0 saturated heterocycles. The zero-order valence-corrected chi connectivity index (χ0v) is 12.4. The Balaban J connectivity index is 1.59. The highest BCUT2D eigenvalue weighted by Crippen LogP contribution is 2.16. The van der Waals surface area contributed by atoms with E-state index in [0.717, 1.165) is 11.1 Å². The van der Waals surface area contributed by atoms with Crippen LogP contribution in [0.15, 0.2) is 58.2 Å². The molecule has 0 amide bonds. The van der Waals surface area contributed by atoms with E-state index in [4.69, 9.17) is 9.36 Å². The van der Waals surface area contributed by atoms with E-state index in [1.807, 2.05) is 31.2 Å². The summed E-state index contributed by atoms with van der Waals surface area (Å²) in [6.45, 7) is 2.06. The fraction of sp³-hybridized carbons (Fsp3) is 0.118. The van der Waals surface area contributed by atoms with Crippen LogP contribution in [-0.2, 0) is 11.4 Å². The molecule has 23 heavy (non-hydrogen) atoms. The molecule has 0 aliphatic heterocycles. The lowest BCUT2D eigenvalue weighted by atomic mass is 10.1. The van der Waals surface area contributed by atoms with Gasteiger partial charge in [0.25, 0.3) is 5.89 Å². The van der Waals surface area contributed by atoms with Crippen LogP contribution >= 0.6 is 0 Å². The molecule has 0 unspecified atom stereocenters. The van der Waals surface area contributed by atoms with Gasteiger partial charge in [0.2, 0.25) is 5.82 Å². The minimum Gasteiger partial charge on any atom is -0.386 e. The van der Waals surface area contributed by atoms with Gasteiger partial charge in [0.1, 0.15) is 5.82 Å². The highest BCUT2D eigenvalue weighted by molar-refractivity contribution is 5.81. The number of hydrogen-bond acceptors (Lipinski definition) is 5. The Labute approximate surface area is 132 Å². The van der Waals surface area contributed by atoms with Crippen LogP contribution in [-0.4, -0.2) is 16.4 Å². The predicted molar refractivity (Wildman–Crippen MR) is 83.3 cm³/mol. The van der Waals surface area contributed by atoms with Crippen LogP contribution < -0.4 is 0 Å². The Bertz CT molecular complexity index is 813. The molecule has 3 aromatic rings. The fourth-order valence-corrected chi connectivity index (χ4v) is 1.95. The van der Waals surface area contributed by atoms with E-state index in [1.165, 1.54) is 12.1 Å². The normalized spacial score (nSPS) is 11.0. The van der Waals surface area contributed by atoms with Crippen LogP contribution in [0.5, 0.6) is 0 Å². The van der Waals surface area contributed by atoms with Crippen molar-refractivity contribution in [2.45, 2.75) is 13.5 Å². The molecule has 0 atom stereocenters. The van der Waals surface area contributed by atoms with Crippen molar-refractivity contribution in [2.75, 3.05) is 0 Å². The first-order valence-corrected chi connectivity index (χ1v) is 7.02. The lowest BCUT2D eigenvalue weighted by molar-refractivity contribution is 0.107. The van der Waals surface area contributed by atoms with Crippen LogP contribution in [0.25, 0.3) is 11.4 Å². The van der Waals surface area contributed by atoms with Gasteiger partial charge < -0.3 is 9.36 Å². The quantitative estimate of drug-likeness (QED) is 0.532. The van der Waals surface area contributed by atoms with Crippen LogP contribution in [0.1, 0.15) is 17.0 Å². The smallest absolute Gasteiger partial charge is 0.267 e. The Morgan fingerprint density at radius 3 is 2.74 bits per heavy atom. The fourth-order valence-electron chi connectivity index (χ4n) is 1.95. The number of hydrogen-bond donors (Lipinski definition) is 0. The number of benzene rings is 2. The summed E-state index contributed by atoms with van der Waals surface area (Å²) >= 11 is 0. The summed E-state index contributed by atoms with van der Waals surface area (Å²) in [5, 5.41) is 7.72. The molecule has 0 N–H and O–H groups in total. The average Bonchev–Trinajstić information content (AvgIpc) is 3.03. The number of aromatic nitrogens is 2. The minimum atomic E-state index is -0.314. The number of halogens is 1. The molecule has 0 aliphatic rings. The van der Waals surface area contributed by atoms with Gasteiger partial charge in [-0.25, -0.2) is 4.39 Å². The van der Waals surface area contributed by atoms with Gasteiger partial charge in [0, 0.05) is 5.56 Å². The van der Waals surface area contributed by atoms with Gasteiger partial charge in [-0.3, -0.25) is 0 Å². The molecule has 3 rings (SSSR count). The predicted octanol–water partition coefficient (Wildman–Crippen LogP) is 3.73. The van der Waals surface area contributed by atoms with Crippen LogP contribution in [0.2, 0.25) is 0 Å². The summed E-state index contributed by atoms with van der Waals surface area (Å²) in [5.74, 6) is 0.365. The summed E-state index contributed by atoms with van der Waals surface area (Å²) < 4.78 is 18.0. The Morgan fingerprint density at radius 1 is 1.17 bits per heavy atom. The van der Waals surface area contributed by atoms with E-state index in [9.17, 15) is 4.39 Å². The maximum Gasteiger partial charge on any atom is 0.267 e. The largest absolute Gasteiger partial charge is 0.386 e. The number of rotatable bonds is 5. The van der Waals surface area contributed by atoms with Gasteiger partial charge in [-0.1, -0.05) is 34.6 Å². The van der Waals surface area contributed by atoms with Gasteiger partial charge in [0.05, 0.1) is 6.21 Å². The van der Waals surface area contributed by atoms with Gasteiger partial charge in [-0.05, 0) is 42.3 Å². The highest BCUT2D eigenvalue weighted by atomic mass is 19.1. The molecule has 1 aromatic heterocycles. The second-order valence-electron chi connectivity index (χ2n) is 4.88. The van der Waals surface area contributed by atoms with Crippen molar-refractivity contribution in [2.24, 2.45) is 5.16 Å². The third-order valence-corrected chi connectivity index (χ3v) is 3.21. The van der Waals surface area contributed by atoms with Crippen LogP contribution in [0, 0.1) is 12.7 Å². The molecule has 0 aliphatic carbocycles. The molecule has 0 saturated carbocycles. The molecule has 116 valence electrons. The lowest BCUT2D eigenvalue weighted by Crippen LogP contribution is -1.90. The van der Waals surface area contributed by atoms with Gasteiger partial charge in [-0.2, -0.15) is 4.98 Å². The van der Waals surface area contributed by atoms with Crippen molar-refractivity contribution in [3.05, 3.63) is 71.4 Å². The zero-order valence-electron chi connectivity index (χ0n) is 12.4. The topological polar surface area (TPSA) is 60.5 Å². The van der Waals surface area contributed by atoms with E-state index >= 15 is 0 Å². The molecule has 0 bridgehead atoms. The minimum absolute atomic E-state index is 0.0660. The van der Waals surface area contributed by atoms with Gasteiger partial charge >= 0.3 is 0 Å². The maximum atomic E-state index is 12.9. The molecule has 5 nitrogen and oxygen atoms in total. The molecule has 6 heteroatoms. The Hall–Kier alpha value is -3.02. The maximum absolute atomic E-state index is 12.9. The number of aryl methyl sites for hydroxylation is 1. The van der Waals surface area contributed by atoms with Crippen molar-refractivity contribution in [1.29, 1.82) is 0 Å². The molecular weight excluding hydrogens is 297 g/mol. The second kappa shape index (κ2) is 6.83. The lowest BCUT2D eigenvalue weighted by Gasteiger charge is -1.97. The van der Waals surface area contributed by atoms with E-state index in [-0.39, 0.29) is 12.4 Å². The van der Waals surface area contributed by atoms with E-state index in [0.29, 0.717) is 17.3 Å². The number of nitrogens with zero attached hydrogens (tertiary/aromatic N) is 3. The van der Waals surface area contributed by atoms with E-state index in [2.05, 4.69) is 15.3 Å². The van der Waals surface area contributed by atoms with Crippen molar-refractivity contribution in [1.82, 2.24) is 10.1 Å². The third-order valence-electron chi connectivity index (χ3n) is 3.21. The monoisotopic (exact) mass is 311 g/mol. The first-order valence-electron chi connectivity index (χ1n) is 7.02. The van der Waals surface area contributed by atoms with E-state index < -0.39 is 0 Å². The standard InChI is InChI=1S/C17H14FN3O2/c1-12-4-2-3-5-14(12)10-19-22-11-16-20-17(21-23-16)13-6-8-15(18)9-7-13/h2-10H,11H2,1H3/b19-10-. The summed E-state index contributed by atoms with van der Waals surface area (Å²) in [4.78, 5) is 9.33. The first kappa shape index (κ1) is 14.9. The highest BCUT2D eigenvalue weighted by Gasteiger charge is 2.08.